The number of benzene rings is 1. The quantitative estimate of drug-likeness (QED) is 0.819. The van der Waals surface area contributed by atoms with E-state index < -0.39 is 18.2 Å². The number of esters is 1. The van der Waals surface area contributed by atoms with Gasteiger partial charge in [-0.15, -0.1) is 0 Å². The molecule has 1 unspecified atom stereocenters. The Balaban J connectivity index is 1.58. The highest BCUT2D eigenvalue weighted by Crippen LogP contribution is 2.35. The average molecular weight is 305 g/mol. The van der Waals surface area contributed by atoms with Crippen molar-refractivity contribution >= 4 is 5.97 Å². The second kappa shape index (κ2) is 6.36. The monoisotopic (exact) mass is 305 g/mol. The number of fused-ring (bicyclic) bond motifs is 2. The number of aliphatic hydroxyl groups is 2. The normalized spacial score (nSPS) is 30.8. The van der Waals surface area contributed by atoms with Crippen molar-refractivity contribution in [2.45, 2.75) is 56.1 Å². The lowest BCUT2D eigenvalue weighted by molar-refractivity contribution is -0.168. The van der Waals surface area contributed by atoms with E-state index in [-0.39, 0.29) is 6.10 Å². The number of carbonyl (C=O) groups is 1. The summed E-state index contributed by atoms with van der Waals surface area (Å²) >= 11 is 0. The molecular weight excluding hydrogens is 282 g/mol. The van der Waals surface area contributed by atoms with Crippen LogP contribution < -0.4 is 0 Å². The third-order valence-corrected chi connectivity index (χ3v) is 5.02. The second-order valence-corrected chi connectivity index (χ2v) is 6.38. The highest BCUT2D eigenvalue weighted by atomic mass is 16.6. The Hall–Kier alpha value is -1.43. The molecule has 120 valence electrons. The smallest absolute Gasteiger partial charge is 0.338 e. The van der Waals surface area contributed by atoms with Gasteiger partial charge in [-0.2, -0.15) is 0 Å². The molecule has 2 aliphatic heterocycles. The van der Waals surface area contributed by atoms with Gasteiger partial charge >= 0.3 is 5.97 Å². The van der Waals surface area contributed by atoms with Gasteiger partial charge in [-0.1, -0.05) is 30.3 Å². The van der Waals surface area contributed by atoms with Crippen molar-refractivity contribution in [3.05, 3.63) is 35.9 Å². The molecule has 0 radical (unpaired) electrons. The third-order valence-electron chi connectivity index (χ3n) is 5.02. The average Bonchev–Trinajstić information content (AvgIpc) is 2.76. The molecule has 0 aromatic heterocycles. The zero-order valence-corrected chi connectivity index (χ0v) is 12.8. The Morgan fingerprint density at radius 1 is 1.18 bits per heavy atom. The first-order chi connectivity index (χ1) is 10.6. The minimum absolute atomic E-state index is 0.154. The first kappa shape index (κ1) is 15.5. The standard InChI is InChI=1S/C17H23NO4/c1-18-12-7-8-13(18)10-14(9-12)22-17(21)16(20)15(19)11-5-3-2-4-6-11/h2-6,12-16,19-20H,7-10H2,1H3/t12-,13+,14?,15-,16-/m1/s1. The Morgan fingerprint density at radius 2 is 1.77 bits per heavy atom. The lowest BCUT2D eigenvalue weighted by Gasteiger charge is -2.36. The number of nitrogens with zero attached hydrogens (tertiary/aromatic N) is 1. The summed E-state index contributed by atoms with van der Waals surface area (Å²) in [5.41, 5.74) is 0.510. The summed E-state index contributed by atoms with van der Waals surface area (Å²) in [7, 11) is 2.12. The minimum atomic E-state index is -1.54. The summed E-state index contributed by atoms with van der Waals surface area (Å²) in [5, 5.41) is 20.1. The van der Waals surface area contributed by atoms with Crippen LogP contribution in [-0.2, 0) is 9.53 Å². The lowest BCUT2D eigenvalue weighted by Crippen LogP contribution is -2.44. The van der Waals surface area contributed by atoms with Gasteiger partial charge in [0.15, 0.2) is 6.10 Å². The molecule has 5 nitrogen and oxygen atoms in total. The molecule has 1 aromatic rings. The van der Waals surface area contributed by atoms with Gasteiger partial charge in [0.05, 0.1) is 0 Å². The van der Waals surface area contributed by atoms with Crippen molar-refractivity contribution in [2.24, 2.45) is 0 Å². The fourth-order valence-corrected chi connectivity index (χ4v) is 3.65. The van der Waals surface area contributed by atoms with Crippen LogP contribution in [0.3, 0.4) is 0 Å². The van der Waals surface area contributed by atoms with E-state index >= 15 is 0 Å². The molecule has 2 heterocycles. The fourth-order valence-electron chi connectivity index (χ4n) is 3.65. The predicted molar refractivity (Wildman–Crippen MR) is 81.1 cm³/mol. The van der Waals surface area contributed by atoms with Crippen molar-refractivity contribution in [2.75, 3.05) is 7.05 Å². The summed E-state index contributed by atoms with van der Waals surface area (Å²) < 4.78 is 5.45. The van der Waals surface area contributed by atoms with Crippen molar-refractivity contribution < 1.29 is 19.7 Å². The number of carbonyl (C=O) groups excluding carboxylic acids is 1. The molecule has 5 atom stereocenters. The largest absolute Gasteiger partial charge is 0.460 e. The molecule has 2 bridgehead atoms. The van der Waals surface area contributed by atoms with E-state index in [0.29, 0.717) is 17.6 Å². The topological polar surface area (TPSA) is 70.0 Å². The van der Waals surface area contributed by atoms with Crippen LogP contribution in [0.5, 0.6) is 0 Å². The van der Waals surface area contributed by atoms with E-state index in [1.54, 1.807) is 24.3 Å². The maximum atomic E-state index is 12.1. The minimum Gasteiger partial charge on any atom is -0.460 e. The first-order valence-electron chi connectivity index (χ1n) is 7.89. The fraction of sp³-hybridized carbons (Fsp3) is 0.588. The van der Waals surface area contributed by atoms with Crippen LogP contribution in [0.2, 0.25) is 0 Å². The Morgan fingerprint density at radius 3 is 2.36 bits per heavy atom. The highest BCUT2D eigenvalue weighted by Gasteiger charge is 2.40. The van der Waals surface area contributed by atoms with Gasteiger partial charge in [0, 0.05) is 12.1 Å². The molecule has 0 aliphatic carbocycles. The summed E-state index contributed by atoms with van der Waals surface area (Å²) in [6, 6.07) is 9.61. The van der Waals surface area contributed by atoms with Crippen LogP contribution in [0.15, 0.2) is 30.3 Å². The third kappa shape index (κ3) is 3.02. The van der Waals surface area contributed by atoms with Crippen LogP contribution in [-0.4, -0.2) is 52.4 Å². The molecule has 3 rings (SSSR count). The van der Waals surface area contributed by atoms with E-state index in [4.69, 9.17) is 4.74 Å². The maximum Gasteiger partial charge on any atom is 0.338 e. The summed E-state index contributed by atoms with van der Waals surface area (Å²) in [6.45, 7) is 0. The van der Waals surface area contributed by atoms with Crippen molar-refractivity contribution in [3.8, 4) is 0 Å². The van der Waals surface area contributed by atoms with Crippen LogP contribution in [0.25, 0.3) is 0 Å². The van der Waals surface area contributed by atoms with E-state index in [9.17, 15) is 15.0 Å². The van der Waals surface area contributed by atoms with E-state index in [2.05, 4.69) is 11.9 Å². The predicted octanol–water partition coefficient (Wildman–Crippen LogP) is 1.25. The van der Waals surface area contributed by atoms with Gasteiger partial charge in [0.2, 0.25) is 0 Å². The summed E-state index contributed by atoms with van der Waals surface area (Å²) in [6.07, 6.45) is 0.962. The van der Waals surface area contributed by atoms with Gasteiger partial charge in [-0.05, 0) is 38.3 Å². The number of hydrogen-bond donors (Lipinski definition) is 2. The SMILES string of the molecule is CN1[C@@H]2CC[C@H]1CC(OC(=O)[C@H](O)[C@H](O)c1ccccc1)C2. The Labute approximate surface area is 130 Å². The van der Waals surface area contributed by atoms with Gasteiger partial charge in [0.1, 0.15) is 12.2 Å². The zero-order valence-electron chi connectivity index (χ0n) is 12.8. The molecular formula is C17H23NO4. The van der Waals surface area contributed by atoms with Crippen molar-refractivity contribution in [1.82, 2.24) is 4.90 Å². The zero-order chi connectivity index (χ0) is 15.7. The maximum absolute atomic E-state index is 12.1. The molecule has 0 saturated carbocycles. The lowest BCUT2D eigenvalue weighted by atomic mass is 10.00. The van der Waals surface area contributed by atoms with Crippen LogP contribution in [0, 0.1) is 0 Å². The molecule has 22 heavy (non-hydrogen) atoms. The van der Waals surface area contributed by atoms with Gasteiger partial charge in [0.25, 0.3) is 0 Å². The summed E-state index contributed by atoms with van der Waals surface area (Å²) in [4.78, 5) is 14.5. The number of hydrogen-bond acceptors (Lipinski definition) is 5. The molecule has 0 amide bonds. The van der Waals surface area contributed by atoms with Crippen LogP contribution in [0.1, 0.15) is 37.4 Å². The highest BCUT2D eigenvalue weighted by molar-refractivity contribution is 5.75. The van der Waals surface area contributed by atoms with E-state index in [0.717, 1.165) is 25.7 Å². The van der Waals surface area contributed by atoms with Crippen molar-refractivity contribution in [3.63, 3.8) is 0 Å². The molecule has 2 aliphatic rings. The van der Waals surface area contributed by atoms with E-state index in [1.165, 1.54) is 0 Å². The number of piperidine rings is 1. The Bertz CT molecular complexity index is 507. The second-order valence-electron chi connectivity index (χ2n) is 6.38. The molecule has 2 saturated heterocycles. The molecule has 0 spiro atoms. The molecule has 2 fully saturated rings. The molecule has 2 N–H and O–H groups in total. The number of rotatable bonds is 4. The van der Waals surface area contributed by atoms with Crippen LogP contribution in [0.4, 0.5) is 0 Å². The van der Waals surface area contributed by atoms with Gasteiger partial charge < -0.3 is 19.8 Å². The number of ether oxygens (including phenoxy) is 1. The first-order valence-corrected chi connectivity index (χ1v) is 7.89. The number of aliphatic hydroxyl groups excluding tert-OH is 2. The summed E-state index contributed by atoms with van der Waals surface area (Å²) in [5.74, 6) is -0.731. The molecule has 5 heteroatoms. The Kier molecular flexibility index (Phi) is 4.47. The van der Waals surface area contributed by atoms with Crippen LogP contribution >= 0.6 is 0 Å². The van der Waals surface area contributed by atoms with E-state index in [1.807, 2.05) is 6.07 Å². The van der Waals surface area contributed by atoms with Gasteiger partial charge in [-0.3, -0.25) is 0 Å². The van der Waals surface area contributed by atoms with Gasteiger partial charge in [-0.25, -0.2) is 4.79 Å². The molecule has 1 aromatic carbocycles. The van der Waals surface area contributed by atoms with Crippen molar-refractivity contribution in [1.29, 1.82) is 0 Å².